The monoisotopic (exact) mass is 288 g/mol. The maximum Gasteiger partial charge on any atom is 0.337 e. The number of hydrogen-bond donors (Lipinski definition) is 1. The van der Waals surface area contributed by atoms with Gasteiger partial charge in [-0.3, -0.25) is 0 Å². The van der Waals surface area contributed by atoms with Crippen LogP contribution in [0.4, 0.5) is 0 Å². The third-order valence-electron chi connectivity index (χ3n) is 4.52. The van der Waals surface area contributed by atoms with Crippen LogP contribution in [-0.4, -0.2) is 20.6 Å². The molecule has 0 saturated heterocycles. The lowest BCUT2D eigenvalue weighted by molar-refractivity contribution is 0.0699. The molecule has 0 aliphatic rings. The van der Waals surface area contributed by atoms with E-state index < -0.39 is 5.97 Å². The average molecular weight is 288 g/mol. The Morgan fingerprint density at radius 3 is 2.43 bits per heavy atom. The van der Waals surface area contributed by atoms with Crippen LogP contribution in [0.15, 0.2) is 18.2 Å². The van der Waals surface area contributed by atoms with Crippen molar-refractivity contribution < 1.29 is 9.90 Å². The topological polar surface area (TPSA) is 55.1 Å². The molecule has 0 bridgehead atoms. The lowest BCUT2D eigenvalue weighted by atomic mass is 9.94. The number of imidazole rings is 1. The summed E-state index contributed by atoms with van der Waals surface area (Å²) in [7, 11) is 0. The highest BCUT2D eigenvalue weighted by atomic mass is 16.4. The van der Waals surface area contributed by atoms with Crippen molar-refractivity contribution in [2.45, 2.75) is 58.9 Å². The normalized spacial score (nSPS) is 12.3. The van der Waals surface area contributed by atoms with Crippen molar-refractivity contribution in [1.82, 2.24) is 9.55 Å². The van der Waals surface area contributed by atoms with Gasteiger partial charge in [-0.05, 0) is 31.9 Å². The summed E-state index contributed by atoms with van der Waals surface area (Å²) in [4.78, 5) is 16.1. The minimum absolute atomic E-state index is 0.0501. The highest BCUT2D eigenvalue weighted by Crippen LogP contribution is 2.34. The second kappa shape index (κ2) is 5.51. The van der Waals surface area contributed by atoms with E-state index in [2.05, 4.69) is 44.2 Å². The number of para-hydroxylation sites is 1. The Morgan fingerprint density at radius 1 is 1.33 bits per heavy atom. The van der Waals surface area contributed by atoms with Crippen molar-refractivity contribution >= 4 is 17.0 Å². The minimum Gasteiger partial charge on any atom is -0.478 e. The third-order valence-corrected chi connectivity index (χ3v) is 4.52. The van der Waals surface area contributed by atoms with Gasteiger partial charge in [0.15, 0.2) is 0 Å². The van der Waals surface area contributed by atoms with Gasteiger partial charge in [-0.25, -0.2) is 9.78 Å². The molecule has 21 heavy (non-hydrogen) atoms. The number of nitrogens with zero attached hydrogens (tertiary/aromatic N) is 2. The van der Waals surface area contributed by atoms with E-state index >= 15 is 0 Å². The quantitative estimate of drug-likeness (QED) is 0.887. The first-order valence-electron chi connectivity index (χ1n) is 7.60. The molecule has 0 radical (unpaired) electrons. The highest BCUT2D eigenvalue weighted by Gasteiger charge is 2.29. The van der Waals surface area contributed by atoms with Gasteiger partial charge in [0.25, 0.3) is 0 Å². The van der Waals surface area contributed by atoms with Gasteiger partial charge in [0.2, 0.25) is 0 Å². The van der Waals surface area contributed by atoms with Crippen LogP contribution in [0, 0.1) is 0 Å². The summed E-state index contributed by atoms with van der Waals surface area (Å²) in [5, 5.41) is 9.39. The van der Waals surface area contributed by atoms with Crippen LogP contribution in [0.2, 0.25) is 0 Å². The summed E-state index contributed by atoms with van der Waals surface area (Å²) in [6.07, 6.45) is 1.96. The Bertz CT molecular complexity index is 667. The first-order valence-corrected chi connectivity index (χ1v) is 7.60. The predicted molar refractivity (Wildman–Crippen MR) is 85.0 cm³/mol. The second-order valence-corrected chi connectivity index (χ2v) is 6.14. The fourth-order valence-corrected chi connectivity index (χ4v) is 2.81. The Kier molecular flexibility index (Phi) is 4.08. The van der Waals surface area contributed by atoms with Gasteiger partial charge >= 0.3 is 5.97 Å². The van der Waals surface area contributed by atoms with Crippen LogP contribution < -0.4 is 0 Å². The molecule has 1 N–H and O–H groups in total. The molecule has 0 unspecified atom stereocenters. The van der Waals surface area contributed by atoms with E-state index in [1.165, 1.54) is 0 Å². The van der Waals surface area contributed by atoms with Crippen LogP contribution in [0.5, 0.6) is 0 Å². The predicted octanol–water partition coefficient (Wildman–Crippen LogP) is 4.39. The molecule has 0 aliphatic carbocycles. The van der Waals surface area contributed by atoms with Crippen molar-refractivity contribution in [3.63, 3.8) is 0 Å². The summed E-state index contributed by atoms with van der Waals surface area (Å²) in [5.74, 6) is 0.289. The molecule has 0 fully saturated rings. The van der Waals surface area contributed by atoms with Gasteiger partial charge in [-0.1, -0.05) is 33.8 Å². The summed E-state index contributed by atoms with van der Waals surface area (Å²) in [5.41, 5.74) is 1.75. The van der Waals surface area contributed by atoms with Gasteiger partial charge in [0.05, 0.1) is 11.1 Å². The molecule has 4 heteroatoms. The zero-order valence-electron chi connectivity index (χ0n) is 13.5. The zero-order chi connectivity index (χ0) is 15.8. The number of carboxylic acids is 1. The third kappa shape index (κ3) is 2.43. The molecule has 114 valence electrons. The van der Waals surface area contributed by atoms with E-state index in [0.717, 1.165) is 24.2 Å². The molecule has 1 aromatic carbocycles. The van der Waals surface area contributed by atoms with Crippen molar-refractivity contribution in [3.8, 4) is 0 Å². The Hall–Kier alpha value is -1.84. The van der Waals surface area contributed by atoms with Crippen LogP contribution in [-0.2, 0) is 5.54 Å². The molecule has 2 rings (SSSR count). The number of hydrogen-bond acceptors (Lipinski definition) is 2. The number of benzene rings is 1. The number of aromatic carboxylic acids is 1. The molecule has 0 atom stereocenters. The zero-order valence-corrected chi connectivity index (χ0v) is 13.5. The first kappa shape index (κ1) is 15.5. The minimum atomic E-state index is -0.921. The van der Waals surface area contributed by atoms with E-state index in [1.54, 1.807) is 12.1 Å². The Labute approximate surface area is 125 Å². The number of rotatable bonds is 5. The standard InChI is InChI=1S/C17H24N2O2/c1-6-17(5,7-2)19-13-10-8-9-12(16(20)21)14(13)18-15(19)11(3)4/h8-11H,6-7H2,1-5H3,(H,20,21). The average Bonchev–Trinajstić information content (AvgIpc) is 2.86. The van der Waals surface area contributed by atoms with Crippen molar-refractivity contribution in [2.24, 2.45) is 0 Å². The van der Waals surface area contributed by atoms with Gasteiger partial charge in [0.1, 0.15) is 11.3 Å². The maximum atomic E-state index is 11.4. The number of carbonyl (C=O) groups is 1. The number of carboxylic acid groups (broad SMARTS) is 1. The number of fused-ring (bicyclic) bond motifs is 1. The maximum absolute atomic E-state index is 11.4. The Morgan fingerprint density at radius 2 is 1.95 bits per heavy atom. The molecule has 0 amide bonds. The van der Waals surface area contributed by atoms with Crippen molar-refractivity contribution in [2.75, 3.05) is 0 Å². The smallest absolute Gasteiger partial charge is 0.337 e. The summed E-state index contributed by atoms with van der Waals surface area (Å²) in [6.45, 7) is 10.8. The van der Waals surface area contributed by atoms with Gasteiger partial charge in [0, 0.05) is 11.5 Å². The largest absolute Gasteiger partial charge is 0.478 e. The van der Waals surface area contributed by atoms with E-state index in [9.17, 15) is 9.90 Å². The van der Waals surface area contributed by atoms with Crippen molar-refractivity contribution in [3.05, 3.63) is 29.6 Å². The molecule has 0 spiro atoms. The summed E-state index contributed by atoms with van der Waals surface area (Å²) >= 11 is 0. The van der Waals surface area contributed by atoms with E-state index in [0.29, 0.717) is 5.52 Å². The molecular weight excluding hydrogens is 264 g/mol. The van der Waals surface area contributed by atoms with Crippen LogP contribution >= 0.6 is 0 Å². The van der Waals surface area contributed by atoms with Gasteiger partial charge in [-0.15, -0.1) is 0 Å². The number of aromatic nitrogens is 2. The highest BCUT2D eigenvalue weighted by molar-refractivity contribution is 6.01. The summed E-state index contributed by atoms with van der Waals surface area (Å²) < 4.78 is 2.25. The summed E-state index contributed by atoms with van der Waals surface area (Å²) in [6, 6.07) is 5.41. The van der Waals surface area contributed by atoms with Crippen LogP contribution in [0.25, 0.3) is 11.0 Å². The van der Waals surface area contributed by atoms with E-state index in [4.69, 9.17) is 0 Å². The molecule has 4 nitrogen and oxygen atoms in total. The lowest BCUT2D eigenvalue weighted by Crippen LogP contribution is -2.30. The molecule has 0 saturated carbocycles. The fourth-order valence-electron chi connectivity index (χ4n) is 2.81. The molecule has 0 aliphatic heterocycles. The van der Waals surface area contributed by atoms with E-state index in [1.807, 2.05) is 6.07 Å². The van der Waals surface area contributed by atoms with E-state index in [-0.39, 0.29) is 17.0 Å². The van der Waals surface area contributed by atoms with Gasteiger partial charge < -0.3 is 9.67 Å². The second-order valence-electron chi connectivity index (χ2n) is 6.14. The Balaban J connectivity index is 2.88. The molecule has 1 aromatic heterocycles. The molecule has 1 heterocycles. The van der Waals surface area contributed by atoms with Crippen molar-refractivity contribution in [1.29, 1.82) is 0 Å². The fraction of sp³-hybridized carbons (Fsp3) is 0.529. The first-order chi connectivity index (χ1) is 9.85. The van der Waals surface area contributed by atoms with Crippen LogP contribution in [0.1, 0.15) is 69.6 Å². The molecule has 2 aromatic rings. The molecular formula is C17H24N2O2. The SMILES string of the molecule is CCC(C)(CC)n1c(C(C)C)nc2c(C(=O)O)cccc21. The van der Waals surface area contributed by atoms with Crippen LogP contribution in [0.3, 0.4) is 0 Å². The van der Waals surface area contributed by atoms with Gasteiger partial charge in [-0.2, -0.15) is 0 Å². The lowest BCUT2D eigenvalue weighted by Gasteiger charge is -2.32.